The summed E-state index contributed by atoms with van der Waals surface area (Å²) in [6.45, 7) is 1.93. The summed E-state index contributed by atoms with van der Waals surface area (Å²) in [6.07, 6.45) is 1.77. The van der Waals surface area contributed by atoms with Gasteiger partial charge < -0.3 is 10.4 Å². The zero-order chi connectivity index (χ0) is 16.5. The Kier molecular flexibility index (Phi) is 7.22. The Hall–Kier alpha value is -2.24. The van der Waals surface area contributed by atoms with Gasteiger partial charge in [-0.25, -0.2) is 9.18 Å². The number of halogens is 1. The topological polar surface area (TPSA) is 83.5 Å². The molecule has 5 nitrogen and oxygen atoms in total. The number of aliphatic carboxylic acids is 1. The summed E-state index contributed by atoms with van der Waals surface area (Å²) >= 11 is 0. The fraction of sp³-hybridized carbons (Fsp3) is 0.438. The second kappa shape index (κ2) is 8.92. The minimum absolute atomic E-state index is 0.0441. The first-order valence-corrected chi connectivity index (χ1v) is 7.25. The highest BCUT2D eigenvalue weighted by Crippen LogP contribution is 2.08. The van der Waals surface area contributed by atoms with Crippen LogP contribution in [0.25, 0.3) is 0 Å². The summed E-state index contributed by atoms with van der Waals surface area (Å²) in [5.41, 5.74) is 0.329. The van der Waals surface area contributed by atoms with Gasteiger partial charge in [-0.2, -0.15) is 0 Å². The molecule has 0 bridgehead atoms. The van der Waals surface area contributed by atoms with E-state index in [1.807, 2.05) is 6.92 Å². The Labute approximate surface area is 128 Å². The van der Waals surface area contributed by atoms with Gasteiger partial charge in [0, 0.05) is 18.4 Å². The Morgan fingerprint density at radius 2 is 1.82 bits per heavy atom. The summed E-state index contributed by atoms with van der Waals surface area (Å²) in [5.74, 6) is -2.27. The van der Waals surface area contributed by atoms with Crippen LogP contribution in [-0.2, 0) is 9.59 Å². The highest BCUT2D eigenvalue weighted by molar-refractivity contribution is 5.98. The number of carbonyl (C=O) groups excluding carboxylic acids is 2. The number of Topliss-reactive ketones (excluding diaryl/α,β-unsaturated/α-hetero) is 1. The molecule has 0 aromatic heterocycles. The Morgan fingerprint density at radius 1 is 1.18 bits per heavy atom. The number of carboxylic acid groups (broad SMARTS) is 1. The lowest BCUT2D eigenvalue weighted by molar-refractivity contribution is -0.142. The molecule has 120 valence electrons. The molecule has 0 heterocycles. The van der Waals surface area contributed by atoms with E-state index < -0.39 is 23.7 Å². The number of nitrogens with one attached hydrogen (secondary N) is 1. The van der Waals surface area contributed by atoms with Crippen LogP contribution in [-0.4, -0.2) is 28.8 Å². The molecule has 0 saturated carbocycles. The third-order valence-corrected chi connectivity index (χ3v) is 3.22. The van der Waals surface area contributed by atoms with Crippen molar-refractivity contribution in [3.63, 3.8) is 0 Å². The van der Waals surface area contributed by atoms with E-state index in [2.05, 4.69) is 5.32 Å². The van der Waals surface area contributed by atoms with Gasteiger partial charge in [0.1, 0.15) is 11.9 Å². The molecule has 1 aromatic carbocycles. The monoisotopic (exact) mass is 309 g/mol. The lowest BCUT2D eigenvalue weighted by atomic mass is 10.1. The highest BCUT2D eigenvalue weighted by atomic mass is 19.1. The summed E-state index contributed by atoms with van der Waals surface area (Å²) in [6, 6.07) is 4.15. The first kappa shape index (κ1) is 17.8. The molecule has 1 aromatic rings. The zero-order valence-electron chi connectivity index (χ0n) is 12.5. The maximum Gasteiger partial charge on any atom is 0.326 e. The van der Waals surface area contributed by atoms with Gasteiger partial charge in [0.15, 0.2) is 5.78 Å². The van der Waals surface area contributed by atoms with E-state index in [4.69, 9.17) is 5.11 Å². The molecule has 0 aliphatic carbocycles. The molecule has 6 heteroatoms. The van der Waals surface area contributed by atoms with Crippen LogP contribution in [0.15, 0.2) is 24.3 Å². The smallest absolute Gasteiger partial charge is 0.326 e. The third kappa shape index (κ3) is 6.03. The van der Waals surface area contributed by atoms with E-state index in [9.17, 15) is 18.8 Å². The molecule has 1 rings (SSSR count). The van der Waals surface area contributed by atoms with Crippen molar-refractivity contribution in [1.29, 1.82) is 0 Å². The van der Waals surface area contributed by atoms with Crippen molar-refractivity contribution >= 4 is 17.7 Å². The highest BCUT2D eigenvalue weighted by Gasteiger charge is 2.19. The van der Waals surface area contributed by atoms with E-state index >= 15 is 0 Å². The van der Waals surface area contributed by atoms with Crippen molar-refractivity contribution < 1.29 is 23.9 Å². The van der Waals surface area contributed by atoms with Gasteiger partial charge in [-0.05, 0) is 30.7 Å². The maximum absolute atomic E-state index is 12.8. The molecule has 0 aliphatic rings. The van der Waals surface area contributed by atoms with Crippen molar-refractivity contribution in [2.75, 3.05) is 0 Å². The summed E-state index contributed by atoms with van der Waals surface area (Å²) in [7, 11) is 0. The van der Waals surface area contributed by atoms with Gasteiger partial charge in [-0.1, -0.05) is 19.8 Å². The van der Waals surface area contributed by atoms with E-state index in [-0.39, 0.29) is 18.6 Å². The number of hydrogen-bond donors (Lipinski definition) is 2. The molecule has 0 fully saturated rings. The summed E-state index contributed by atoms with van der Waals surface area (Å²) in [5, 5.41) is 11.4. The lowest BCUT2D eigenvalue weighted by Crippen LogP contribution is -2.40. The standard InChI is InChI=1S/C16H20FNO4/c1-2-3-4-13(16(21)22)18-15(20)10-9-14(19)11-5-7-12(17)8-6-11/h5-8,13H,2-4,9-10H2,1H3,(H,18,20)(H,21,22). The van der Waals surface area contributed by atoms with Crippen LogP contribution < -0.4 is 5.32 Å². The van der Waals surface area contributed by atoms with Gasteiger partial charge in [0.05, 0.1) is 0 Å². The summed E-state index contributed by atoms with van der Waals surface area (Å²) in [4.78, 5) is 34.6. The van der Waals surface area contributed by atoms with Crippen LogP contribution in [0.2, 0.25) is 0 Å². The number of hydrogen-bond acceptors (Lipinski definition) is 3. The first-order valence-electron chi connectivity index (χ1n) is 7.25. The maximum atomic E-state index is 12.8. The van der Waals surface area contributed by atoms with E-state index in [0.717, 1.165) is 6.42 Å². The van der Waals surface area contributed by atoms with E-state index in [1.54, 1.807) is 0 Å². The first-order chi connectivity index (χ1) is 10.4. The van der Waals surface area contributed by atoms with E-state index in [1.165, 1.54) is 24.3 Å². The second-order valence-corrected chi connectivity index (χ2v) is 5.03. The molecule has 0 aliphatic heterocycles. The van der Waals surface area contributed by atoms with Crippen LogP contribution in [0.3, 0.4) is 0 Å². The van der Waals surface area contributed by atoms with E-state index in [0.29, 0.717) is 18.4 Å². The average molecular weight is 309 g/mol. The van der Waals surface area contributed by atoms with Crippen LogP contribution >= 0.6 is 0 Å². The van der Waals surface area contributed by atoms with Gasteiger partial charge in [-0.15, -0.1) is 0 Å². The lowest BCUT2D eigenvalue weighted by Gasteiger charge is -2.13. The Bertz CT molecular complexity index is 527. The minimum Gasteiger partial charge on any atom is -0.480 e. The molecule has 2 N–H and O–H groups in total. The van der Waals surface area contributed by atoms with Crippen LogP contribution in [0, 0.1) is 5.82 Å². The summed E-state index contributed by atoms with van der Waals surface area (Å²) < 4.78 is 12.8. The van der Waals surface area contributed by atoms with Gasteiger partial charge >= 0.3 is 5.97 Å². The second-order valence-electron chi connectivity index (χ2n) is 5.03. The molecule has 0 radical (unpaired) electrons. The van der Waals surface area contributed by atoms with Crippen LogP contribution in [0.1, 0.15) is 49.4 Å². The quantitative estimate of drug-likeness (QED) is 0.687. The van der Waals surface area contributed by atoms with Crippen molar-refractivity contribution in [2.45, 2.75) is 45.1 Å². The van der Waals surface area contributed by atoms with Crippen molar-refractivity contribution in [2.24, 2.45) is 0 Å². The largest absolute Gasteiger partial charge is 0.480 e. The number of carbonyl (C=O) groups is 3. The van der Waals surface area contributed by atoms with Gasteiger partial charge in [0.2, 0.25) is 5.91 Å². The Balaban J connectivity index is 2.45. The predicted molar refractivity (Wildman–Crippen MR) is 79.1 cm³/mol. The molecule has 0 saturated heterocycles. The normalized spacial score (nSPS) is 11.7. The van der Waals surface area contributed by atoms with Crippen LogP contribution in [0.5, 0.6) is 0 Å². The number of unbranched alkanes of at least 4 members (excludes halogenated alkanes) is 1. The van der Waals surface area contributed by atoms with Gasteiger partial charge in [0.25, 0.3) is 0 Å². The molecule has 1 unspecified atom stereocenters. The van der Waals surface area contributed by atoms with Crippen molar-refractivity contribution in [3.05, 3.63) is 35.6 Å². The van der Waals surface area contributed by atoms with Gasteiger partial charge in [-0.3, -0.25) is 9.59 Å². The molecule has 1 amide bonds. The zero-order valence-corrected chi connectivity index (χ0v) is 12.5. The number of ketones is 1. The molecular weight excluding hydrogens is 289 g/mol. The number of rotatable bonds is 9. The number of carboxylic acids is 1. The molecule has 1 atom stereocenters. The Morgan fingerprint density at radius 3 is 2.36 bits per heavy atom. The van der Waals surface area contributed by atoms with Crippen molar-refractivity contribution in [1.82, 2.24) is 5.32 Å². The minimum atomic E-state index is -1.08. The fourth-order valence-electron chi connectivity index (χ4n) is 1.94. The third-order valence-electron chi connectivity index (χ3n) is 3.22. The molecule has 22 heavy (non-hydrogen) atoms. The number of amides is 1. The molecular formula is C16H20FNO4. The van der Waals surface area contributed by atoms with Crippen molar-refractivity contribution in [3.8, 4) is 0 Å². The SMILES string of the molecule is CCCCC(NC(=O)CCC(=O)c1ccc(F)cc1)C(=O)O. The average Bonchev–Trinajstić information content (AvgIpc) is 2.49. The number of benzene rings is 1. The predicted octanol–water partition coefficient (Wildman–Crippen LogP) is 2.55. The van der Waals surface area contributed by atoms with Crippen LogP contribution in [0.4, 0.5) is 4.39 Å². The fourth-order valence-corrected chi connectivity index (χ4v) is 1.94. The molecule has 0 spiro atoms.